The summed E-state index contributed by atoms with van der Waals surface area (Å²) < 4.78 is 6.63. The number of thiazole rings is 1. The Kier molecular flexibility index (Phi) is 6.49. The van der Waals surface area contributed by atoms with E-state index < -0.39 is 0 Å². The molecule has 10 heteroatoms. The van der Waals surface area contributed by atoms with Crippen LogP contribution in [0.1, 0.15) is 51.1 Å². The fraction of sp³-hybridized carbons (Fsp3) is 0.647. The topological polar surface area (TPSA) is 112 Å². The fourth-order valence-electron chi connectivity index (χ4n) is 3.60. The molecule has 3 rings (SSSR count). The maximum atomic E-state index is 12.7. The molecule has 27 heavy (non-hydrogen) atoms. The van der Waals surface area contributed by atoms with E-state index in [0.29, 0.717) is 30.4 Å². The van der Waals surface area contributed by atoms with Crippen molar-refractivity contribution in [2.75, 3.05) is 11.9 Å². The molecule has 146 valence electrons. The van der Waals surface area contributed by atoms with Gasteiger partial charge < -0.3 is 10.1 Å². The van der Waals surface area contributed by atoms with E-state index in [1.165, 1.54) is 17.8 Å². The quantitative estimate of drug-likeness (QED) is 0.685. The van der Waals surface area contributed by atoms with Crippen LogP contribution in [0.2, 0.25) is 0 Å². The monoisotopic (exact) mass is 392 g/mol. The second kappa shape index (κ2) is 9.03. The van der Waals surface area contributed by atoms with E-state index in [0.717, 1.165) is 25.7 Å². The zero-order chi connectivity index (χ0) is 19.1. The molecule has 2 aromatic heterocycles. The van der Waals surface area contributed by atoms with Gasteiger partial charge in [-0.15, -0.1) is 16.4 Å². The summed E-state index contributed by atoms with van der Waals surface area (Å²) in [6.45, 7) is 2.75. The first-order valence-electron chi connectivity index (χ1n) is 9.19. The van der Waals surface area contributed by atoms with Crippen LogP contribution < -0.4 is 5.32 Å². The zero-order valence-corrected chi connectivity index (χ0v) is 16.2. The summed E-state index contributed by atoms with van der Waals surface area (Å²) >= 11 is 1.32. The predicted octanol–water partition coefficient (Wildman–Crippen LogP) is 2.21. The minimum atomic E-state index is -0.316. The lowest BCUT2D eigenvalue weighted by molar-refractivity contribution is -0.142. The first kappa shape index (κ1) is 19.4. The number of tetrazole rings is 1. The molecule has 2 aromatic rings. The molecule has 0 aromatic carbocycles. The highest BCUT2D eigenvalue weighted by Crippen LogP contribution is 2.41. The molecule has 2 heterocycles. The van der Waals surface area contributed by atoms with Crippen molar-refractivity contribution >= 4 is 28.3 Å². The van der Waals surface area contributed by atoms with Crippen LogP contribution in [-0.2, 0) is 27.3 Å². The van der Waals surface area contributed by atoms with Gasteiger partial charge in [-0.3, -0.25) is 9.59 Å². The van der Waals surface area contributed by atoms with Crippen molar-refractivity contribution in [3.63, 3.8) is 0 Å². The van der Waals surface area contributed by atoms with Gasteiger partial charge >= 0.3 is 5.97 Å². The van der Waals surface area contributed by atoms with Gasteiger partial charge in [0, 0.05) is 11.8 Å². The van der Waals surface area contributed by atoms with Gasteiger partial charge in [-0.25, -0.2) is 9.67 Å². The second-order valence-electron chi connectivity index (χ2n) is 6.92. The molecule has 0 radical (unpaired) electrons. The van der Waals surface area contributed by atoms with E-state index in [-0.39, 0.29) is 23.7 Å². The third-order valence-electron chi connectivity index (χ3n) is 4.77. The van der Waals surface area contributed by atoms with E-state index in [1.54, 1.807) is 23.3 Å². The molecule has 0 bridgehead atoms. The molecule has 1 saturated carbocycles. The molecule has 0 saturated heterocycles. The third-order valence-corrected chi connectivity index (χ3v) is 5.57. The van der Waals surface area contributed by atoms with Gasteiger partial charge in [0.1, 0.15) is 6.33 Å². The minimum absolute atomic E-state index is 0.0676. The van der Waals surface area contributed by atoms with Crippen molar-refractivity contribution in [2.45, 2.75) is 58.4 Å². The molecule has 0 aliphatic heterocycles. The van der Waals surface area contributed by atoms with Gasteiger partial charge in [-0.05, 0) is 35.6 Å². The standard InChI is InChI=1S/C17H24N6O3S/c1-2-26-15(25)8-13-10-27-16(19-13)20-14(24)9-17(6-4-3-5-7-17)11-23-12-18-21-22-23/h10,12H,2-9,11H2,1H3,(H,19,20,24). The Hall–Kier alpha value is -2.36. The van der Waals surface area contributed by atoms with Crippen molar-refractivity contribution in [3.8, 4) is 0 Å². The maximum absolute atomic E-state index is 12.7. The van der Waals surface area contributed by atoms with Crippen LogP contribution >= 0.6 is 11.3 Å². The molecule has 0 unspecified atom stereocenters. The molecule has 9 nitrogen and oxygen atoms in total. The van der Waals surface area contributed by atoms with Gasteiger partial charge in [0.2, 0.25) is 5.91 Å². The number of aromatic nitrogens is 5. The predicted molar refractivity (Wildman–Crippen MR) is 99.0 cm³/mol. The Morgan fingerprint density at radius 3 is 2.85 bits per heavy atom. The van der Waals surface area contributed by atoms with Crippen LogP contribution in [0.15, 0.2) is 11.7 Å². The van der Waals surface area contributed by atoms with Gasteiger partial charge in [0.05, 0.1) is 25.3 Å². The highest BCUT2D eigenvalue weighted by Gasteiger charge is 2.35. The molecule has 0 spiro atoms. The third kappa shape index (κ3) is 5.56. The van der Waals surface area contributed by atoms with E-state index >= 15 is 0 Å². The molecular weight excluding hydrogens is 368 g/mol. The van der Waals surface area contributed by atoms with Crippen LogP contribution in [0.5, 0.6) is 0 Å². The lowest BCUT2D eigenvalue weighted by Crippen LogP contribution is -2.34. The van der Waals surface area contributed by atoms with Crippen LogP contribution in [0.4, 0.5) is 5.13 Å². The molecule has 1 fully saturated rings. The highest BCUT2D eigenvalue weighted by atomic mass is 32.1. The molecule has 1 aliphatic carbocycles. The summed E-state index contributed by atoms with van der Waals surface area (Å²) in [7, 11) is 0. The van der Waals surface area contributed by atoms with Gasteiger partial charge in [0.25, 0.3) is 0 Å². The summed E-state index contributed by atoms with van der Waals surface area (Å²) in [6, 6.07) is 0. The maximum Gasteiger partial charge on any atom is 0.311 e. The summed E-state index contributed by atoms with van der Waals surface area (Å²) in [6.07, 6.45) is 7.48. The van der Waals surface area contributed by atoms with Crippen molar-refractivity contribution in [3.05, 3.63) is 17.4 Å². The van der Waals surface area contributed by atoms with E-state index in [2.05, 4.69) is 25.8 Å². The molecule has 1 amide bonds. The average Bonchev–Trinajstić information content (AvgIpc) is 3.28. The highest BCUT2D eigenvalue weighted by molar-refractivity contribution is 7.13. The number of carbonyl (C=O) groups excluding carboxylic acids is 2. The summed E-state index contributed by atoms with van der Waals surface area (Å²) in [5.41, 5.74) is 0.470. The lowest BCUT2D eigenvalue weighted by Gasteiger charge is -2.36. The van der Waals surface area contributed by atoms with E-state index in [9.17, 15) is 9.59 Å². The minimum Gasteiger partial charge on any atom is -0.466 e. The smallest absolute Gasteiger partial charge is 0.311 e. The van der Waals surface area contributed by atoms with Gasteiger partial charge in [0.15, 0.2) is 5.13 Å². The van der Waals surface area contributed by atoms with Crippen LogP contribution in [0, 0.1) is 5.41 Å². The molecule has 1 N–H and O–H groups in total. The van der Waals surface area contributed by atoms with Gasteiger partial charge in [-0.1, -0.05) is 19.3 Å². The average molecular weight is 392 g/mol. The van der Waals surface area contributed by atoms with Crippen molar-refractivity contribution < 1.29 is 14.3 Å². The number of hydrogen-bond donors (Lipinski definition) is 1. The summed E-state index contributed by atoms with van der Waals surface area (Å²) in [5.74, 6) is -0.384. The van der Waals surface area contributed by atoms with Crippen molar-refractivity contribution in [1.29, 1.82) is 0 Å². The number of ether oxygens (including phenoxy) is 1. The van der Waals surface area contributed by atoms with E-state index in [4.69, 9.17) is 4.74 Å². The van der Waals surface area contributed by atoms with E-state index in [1.807, 2.05) is 0 Å². The van der Waals surface area contributed by atoms with Crippen molar-refractivity contribution in [1.82, 2.24) is 25.2 Å². The Bertz CT molecular complexity index is 755. The lowest BCUT2D eigenvalue weighted by atomic mass is 9.71. The Morgan fingerprint density at radius 2 is 2.15 bits per heavy atom. The molecule has 1 aliphatic rings. The zero-order valence-electron chi connectivity index (χ0n) is 15.4. The Labute approximate surface area is 161 Å². The number of rotatable bonds is 8. The number of nitrogens with one attached hydrogen (secondary N) is 1. The number of carbonyl (C=O) groups is 2. The Balaban J connectivity index is 1.59. The summed E-state index contributed by atoms with van der Waals surface area (Å²) in [4.78, 5) is 28.5. The SMILES string of the molecule is CCOC(=O)Cc1csc(NC(=O)CC2(Cn3cnnn3)CCCCC2)n1. The number of hydrogen-bond acceptors (Lipinski definition) is 8. The van der Waals surface area contributed by atoms with Crippen LogP contribution in [0.25, 0.3) is 0 Å². The van der Waals surface area contributed by atoms with Gasteiger partial charge in [-0.2, -0.15) is 0 Å². The first-order chi connectivity index (χ1) is 13.1. The summed E-state index contributed by atoms with van der Waals surface area (Å²) in [5, 5.41) is 16.5. The molecular formula is C17H24N6O3S. The number of nitrogens with zero attached hydrogens (tertiary/aromatic N) is 5. The van der Waals surface area contributed by atoms with Crippen molar-refractivity contribution in [2.24, 2.45) is 5.41 Å². The van der Waals surface area contributed by atoms with Crippen LogP contribution in [-0.4, -0.2) is 43.7 Å². The first-order valence-corrected chi connectivity index (χ1v) is 10.1. The fourth-order valence-corrected chi connectivity index (χ4v) is 4.32. The largest absolute Gasteiger partial charge is 0.466 e. The molecule has 0 atom stereocenters. The second-order valence-corrected chi connectivity index (χ2v) is 7.78. The number of amides is 1. The number of esters is 1. The normalized spacial score (nSPS) is 16.0. The van der Waals surface area contributed by atoms with Crippen LogP contribution in [0.3, 0.4) is 0 Å². The Morgan fingerprint density at radius 1 is 1.33 bits per heavy atom. The number of anilines is 1.